The van der Waals surface area contributed by atoms with Gasteiger partial charge >= 0.3 is 11.9 Å². The van der Waals surface area contributed by atoms with E-state index < -0.39 is 36.4 Å². The van der Waals surface area contributed by atoms with Crippen molar-refractivity contribution in [2.24, 2.45) is 0 Å². The maximum Gasteiger partial charge on any atom is 0.331 e. The summed E-state index contributed by atoms with van der Waals surface area (Å²) in [5.74, 6) is 0.463. The van der Waals surface area contributed by atoms with E-state index in [4.69, 9.17) is 28.4 Å². The van der Waals surface area contributed by atoms with Crippen LogP contribution in [0.1, 0.15) is 11.1 Å². The summed E-state index contributed by atoms with van der Waals surface area (Å²) in [4.78, 5) is 24.5. The fourth-order valence-corrected chi connectivity index (χ4v) is 3.77. The minimum atomic E-state index is -0.573. The topological polar surface area (TPSA) is 89.5 Å². The first kappa shape index (κ1) is 23.5. The molecule has 0 N–H and O–H groups in total. The fourth-order valence-electron chi connectivity index (χ4n) is 3.77. The summed E-state index contributed by atoms with van der Waals surface area (Å²) in [6.07, 6.45) is 3.91. The van der Waals surface area contributed by atoms with Crippen LogP contribution in [0.25, 0.3) is 12.2 Å². The molecule has 8 nitrogen and oxygen atoms in total. The average Bonchev–Trinajstić information content (AvgIpc) is 3.45. The van der Waals surface area contributed by atoms with Gasteiger partial charge in [0.05, 0.1) is 27.4 Å². The standard InChI is InChI=1S/C26H26O8/c1-29-19-9-3-17(4-10-19)7-13-23(27)33-21-15-31-26-22(16-32-25(21)26)34-24(28)14-8-18-5-11-20(30-2)12-6-18/h3-14,21-22,25-26H,15-16H2,1-2H3/b13-7+,14-8+/t21-,22+,25+,26-. The van der Waals surface area contributed by atoms with Crippen molar-refractivity contribution in [3.05, 3.63) is 71.8 Å². The molecule has 0 bridgehead atoms. The molecular weight excluding hydrogens is 440 g/mol. The summed E-state index contributed by atoms with van der Waals surface area (Å²) in [5.41, 5.74) is 1.68. The Bertz CT molecular complexity index is 956. The minimum Gasteiger partial charge on any atom is -0.497 e. The minimum absolute atomic E-state index is 0.174. The van der Waals surface area contributed by atoms with Crippen LogP contribution in [-0.4, -0.2) is 63.8 Å². The SMILES string of the molecule is COc1ccc(/C=C/C(=O)O[C@H]2CO[C@@H]3[C@@H]2OC[C@H]3OC(=O)/C=C/c2ccc(OC)cc2)cc1. The smallest absolute Gasteiger partial charge is 0.331 e. The Morgan fingerprint density at radius 1 is 0.706 bits per heavy atom. The van der Waals surface area contributed by atoms with Crippen molar-refractivity contribution >= 4 is 24.1 Å². The molecule has 0 saturated carbocycles. The van der Waals surface area contributed by atoms with Gasteiger partial charge < -0.3 is 28.4 Å². The van der Waals surface area contributed by atoms with Gasteiger partial charge in [0.15, 0.2) is 12.2 Å². The van der Waals surface area contributed by atoms with Crippen LogP contribution in [0.5, 0.6) is 11.5 Å². The number of esters is 2. The Hall–Kier alpha value is -3.62. The second-order valence-electron chi connectivity index (χ2n) is 7.76. The lowest BCUT2D eigenvalue weighted by atomic mass is 10.1. The van der Waals surface area contributed by atoms with Gasteiger partial charge in [0, 0.05) is 12.2 Å². The highest BCUT2D eigenvalue weighted by Gasteiger charge is 2.50. The average molecular weight is 466 g/mol. The van der Waals surface area contributed by atoms with Crippen molar-refractivity contribution < 1.29 is 38.0 Å². The number of fused-ring (bicyclic) bond motifs is 1. The van der Waals surface area contributed by atoms with Gasteiger partial charge in [0.25, 0.3) is 0 Å². The van der Waals surface area contributed by atoms with Crippen molar-refractivity contribution in [2.75, 3.05) is 27.4 Å². The summed E-state index contributed by atoms with van der Waals surface area (Å²) >= 11 is 0. The molecule has 2 aromatic carbocycles. The third-order valence-corrected chi connectivity index (χ3v) is 5.55. The summed E-state index contributed by atoms with van der Waals surface area (Å²) in [7, 11) is 3.18. The van der Waals surface area contributed by atoms with Gasteiger partial charge in [-0.3, -0.25) is 0 Å². The van der Waals surface area contributed by atoms with Crippen LogP contribution in [0.2, 0.25) is 0 Å². The second kappa shape index (κ2) is 11.0. The number of rotatable bonds is 8. The molecule has 4 atom stereocenters. The quantitative estimate of drug-likeness (QED) is 0.433. The van der Waals surface area contributed by atoms with Gasteiger partial charge in [-0.25, -0.2) is 9.59 Å². The van der Waals surface area contributed by atoms with Gasteiger partial charge in [-0.1, -0.05) is 24.3 Å². The molecule has 0 aliphatic carbocycles. The van der Waals surface area contributed by atoms with Crippen molar-refractivity contribution in [3.63, 3.8) is 0 Å². The number of hydrogen-bond acceptors (Lipinski definition) is 8. The fraction of sp³-hybridized carbons (Fsp3) is 0.308. The van der Waals surface area contributed by atoms with Gasteiger partial charge in [0.2, 0.25) is 0 Å². The summed E-state index contributed by atoms with van der Waals surface area (Å²) in [5, 5.41) is 0. The predicted octanol–water partition coefficient (Wildman–Crippen LogP) is 3.05. The Morgan fingerprint density at radius 2 is 1.09 bits per heavy atom. The first-order chi connectivity index (χ1) is 16.6. The van der Waals surface area contributed by atoms with Crippen molar-refractivity contribution in [1.29, 1.82) is 0 Å². The first-order valence-corrected chi connectivity index (χ1v) is 10.8. The van der Waals surface area contributed by atoms with Crippen molar-refractivity contribution in [2.45, 2.75) is 24.4 Å². The number of methoxy groups -OCH3 is 2. The van der Waals surface area contributed by atoms with Crippen LogP contribution in [0.4, 0.5) is 0 Å². The molecule has 0 spiro atoms. The molecule has 4 rings (SSSR count). The number of ether oxygens (including phenoxy) is 6. The third kappa shape index (κ3) is 5.84. The zero-order valence-corrected chi connectivity index (χ0v) is 18.9. The molecule has 0 radical (unpaired) electrons. The first-order valence-electron chi connectivity index (χ1n) is 10.8. The third-order valence-electron chi connectivity index (χ3n) is 5.55. The molecular formula is C26H26O8. The normalized spacial score (nSPS) is 23.7. The maximum absolute atomic E-state index is 12.3. The predicted molar refractivity (Wildman–Crippen MR) is 123 cm³/mol. The molecule has 2 aliphatic rings. The molecule has 178 valence electrons. The van der Waals surface area contributed by atoms with Gasteiger partial charge in [-0.15, -0.1) is 0 Å². The van der Waals surface area contributed by atoms with Gasteiger partial charge in [0.1, 0.15) is 23.7 Å². The molecule has 0 aromatic heterocycles. The van der Waals surface area contributed by atoms with E-state index in [1.807, 2.05) is 24.3 Å². The highest BCUT2D eigenvalue weighted by Crippen LogP contribution is 2.31. The van der Waals surface area contributed by atoms with Crippen LogP contribution < -0.4 is 9.47 Å². The summed E-state index contributed by atoms with van der Waals surface area (Å²) < 4.78 is 32.7. The number of carbonyl (C=O) groups is 2. The summed E-state index contributed by atoms with van der Waals surface area (Å²) in [6.45, 7) is 0.348. The molecule has 2 aliphatic heterocycles. The lowest BCUT2D eigenvalue weighted by Gasteiger charge is -2.16. The number of hydrogen-bond donors (Lipinski definition) is 0. The van der Waals surface area contributed by atoms with E-state index in [0.29, 0.717) is 0 Å². The molecule has 2 fully saturated rings. The Labute approximate surface area is 197 Å². The Morgan fingerprint density at radius 3 is 1.44 bits per heavy atom. The molecule has 34 heavy (non-hydrogen) atoms. The zero-order valence-electron chi connectivity index (χ0n) is 18.9. The van der Waals surface area contributed by atoms with Crippen LogP contribution in [0.15, 0.2) is 60.7 Å². The second-order valence-corrected chi connectivity index (χ2v) is 7.76. The van der Waals surface area contributed by atoms with E-state index in [2.05, 4.69) is 0 Å². The highest BCUT2D eigenvalue weighted by molar-refractivity contribution is 5.87. The van der Waals surface area contributed by atoms with E-state index in [9.17, 15) is 9.59 Å². The lowest BCUT2D eigenvalue weighted by molar-refractivity contribution is -0.149. The monoisotopic (exact) mass is 466 g/mol. The van der Waals surface area contributed by atoms with E-state index in [0.717, 1.165) is 22.6 Å². The highest BCUT2D eigenvalue weighted by atomic mass is 16.7. The van der Waals surface area contributed by atoms with Crippen molar-refractivity contribution in [3.8, 4) is 11.5 Å². The van der Waals surface area contributed by atoms with Crippen LogP contribution in [0.3, 0.4) is 0 Å². The van der Waals surface area contributed by atoms with E-state index >= 15 is 0 Å². The van der Waals surface area contributed by atoms with Gasteiger partial charge in [-0.2, -0.15) is 0 Å². The van der Waals surface area contributed by atoms with E-state index in [1.165, 1.54) is 12.2 Å². The van der Waals surface area contributed by atoms with E-state index in [1.54, 1.807) is 50.6 Å². The molecule has 0 unspecified atom stereocenters. The zero-order chi connectivity index (χ0) is 23.9. The largest absolute Gasteiger partial charge is 0.497 e. The lowest BCUT2D eigenvalue weighted by Crippen LogP contribution is -2.35. The number of carbonyl (C=O) groups excluding carboxylic acids is 2. The molecule has 8 heteroatoms. The molecule has 2 saturated heterocycles. The van der Waals surface area contributed by atoms with Crippen LogP contribution in [0, 0.1) is 0 Å². The van der Waals surface area contributed by atoms with Gasteiger partial charge in [-0.05, 0) is 47.5 Å². The van der Waals surface area contributed by atoms with Crippen molar-refractivity contribution in [1.82, 2.24) is 0 Å². The van der Waals surface area contributed by atoms with Crippen LogP contribution >= 0.6 is 0 Å². The molecule has 2 aromatic rings. The Kier molecular flexibility index (Phi) is 7.61. The number of benzene rings is 2. The molecule has 0 amide bonds. The van der Waals surface area contributed by atoms with E-state index in [-0.39, 0.29) is 13.2 Å². The van der Waals surface area contributed by atoms with Crippen LogP contribution in [-0.2, 0) is 28.5 Å². The summed E-state index contributed by atoms with van der Waals surface area (Å²) in [6, 6.07) is 14.6. The molecule has 2 heterocycles. The maximum atomic E-state index is 12.3. The Balaban J connectivity index is 1.26.